The first-order valence-electron chi connectivity index (χ1n) is 7.86. The Hall–Kier alpha value is -3.86. The number of aromatic amines is 1. The fraction of sp³-hybridized carbons (Fsp3) is 0.111. The van der Waals surface area contributed by atoms with Crippen LogP contribution in [-0.4, -0.2) is 33.8 Å². The molecular formula is C18H16N6O2. The molecule has 0 aliphatic carbocycles. The summed E-state index contributed by atoms with van der Waals surface area (Å²) in [6.07, 6.45) is 1.52. The molecule has 0 aliphatic heterocycles. The lowest BCUT2D eigenvalue weighted by atomic mass is 10.3. The van der Waals surface area contributed by atoms with Crippen LogP contribution in [0.1, 0.15) is 5.82 Å². The van der Waals surface area contributed by atoms with Crippen molar-refractivity contribution in [2.24, 2.45) is 0 Å². The molecule has 0 unspecified atom stereocenters. The van der Waals surface area contributed by atoms with Gasteiger partial charge in [0.25, 0.3) is 0 Å². The van der Waals surface area contributed by atoms with Gasteiger partial charge in [-0.05, 0) is 41.6 Å². The van der Waals surface area contributed by atoms with E-state index in [2.05, 4.69) is 25.9 Å². The summed E-state index contributed by atoms with van der Waals surface area (Å²) in [7, 11) is 0. The number of H-pyrrole nitrogens is 1. The quantitative estimate of drug-likeness (QED) is 0.476. The Morgan fingerprint density at radius 3 is 2.35 bits per heavy atom. The van der Waals surface area contributed by atoms with Crippen molar-refractivity contribution < 1.29 is 9.47 Å². The minimum Gasteiger partial charge on any atom is -0.490 e. The molecule has 0 fully saturated rings. The molecule has 1 heterocycles. The number of nitrogens with zero attached hydrogens (tertiary/aromatic N) is 4. The van der Waals surface area contributed by atoms with Gasteiger partial charge in [-0.2, -0.15) is 10.5 Å². The van der Waals surface area contributed by atoms with Crippen molar-refractivity contribution in [3.8, 4) is 17.6 Å². The summed E-state index contributed by atoms with van der Waals surface area (Å²) >= 11 is 0. The number of hydrogen-bond donors (Lipinski definition) is 2. The molecule has 1 aromatic heterocycles. The maximum atomic E-state index is 9.11. The summed E-state index contributed by atoms with van der Waals surface area (Å²) in [6, 6.07) is 18.9. The highest BCUT2D eigenvalue weighted by Gasteiger charge is 2.05. The van der Waals surface area contributed by atoms with Crippen LogP contribution in [0.15, 0.2) is 60.8 Å². The highest BCUT2D eigenvalue weighted by atomic mass is 16.5. The molecule has 0 spiro atoms. The minimum atomic E-state index is 0.235. The van der Waals surface area contributed by atoms with E-state index in [0.717, 1.165) is 17.2 Å². The van der Waals surface area contributed by atoms with Gasteiger partial charge in [-0.15, -0.1) is 10.2 Å². The van der Waals surface area contributed by atoms with E-state index >= 15 is 0 Å². The SMILES string of the molecule is N#CC(=CNc1ccc(OCCOc2ccccc2)cc1)c1nn[nH]n1. The number of para-hydroxylation sites is 1. The predicted octanol–water partition coefficient (Wildman–Crippen LogP) is 2.63. The topological polar surface area (TPSA) is 109 Å². The van der Waals surface area contributed by atoms with Crippen molar-refractivity contribution >= 4 is 11.3 Å². The molecule has 3 aromatic rings. The summed E-state index contributed by atoms with van der Waals surface area (Å²) in [5.41, 5.74) is 1.08. The van der Waals surface area contributed by atoms with Gasteiger partial charge >= 0.3 is 0 Å². The minimum absolute atomic E-state index is 0.235. The van der Waals surface area contributed by atoms with E-state index in [1.54, 1.807) is 0 Å². The molecule has 130 valence electrons. The van der Waals surface area contributed by atoms with Crippen molar-refractivity contribution in [2.45, 2.75) is 0 Å². The van der Waals surface area contributed by atoms with Crippen molar-refractivity contribution in [2.75, 3.05) is 18.5 Å². The predicted molar refractivity (Wildman–Crippen MR) is 95.3 cm³/mol. The van der Waals surface area contributed by atoms with E-state index in [9.17, 15) is 0 Å². The van der Waals surface area contributed by atoms with Crippen molar-refractivity contribution in [3.05, 3.63) is 66.6 Å². The van der Waals surface area contributed by atoms with Crippen molar-refractivity contribution in [1.82, 2.24) is 20.6 Å². The Morgan fingerprint density at radius 2 is 1.73 bits per heavy atom. The molecule has 3 rings (SSSR count). The second-order valence-corrected chi connectivity index (χ2v) is 5.08. The van der Waals surface area contributed by atoms with Gasteiger partial charge in [0.15, 0.2) is 0 Å². The van der Waals surface area contributed by atoms with E-state index in [4.69, 9.17) is 14.7 Å². The van der Waals surface area contributed by atoms with Crippen LogP contribution in [0.5, 0.6) is 11.5 Å². The molecule has 0 amide bonds. The average Bonchev–Trinajstić information content (AvgIpc) is 3.22. The number of nitriles is 1. The lowest BCUT2D eigenvalue weighted by Gasteiger charge is -2.09. The number of rotatable bonds is 8. The summed E-state index contributed by atoms with van der Waals surface area (Å²) < 4.78 is 11.2. The number of aromatic nitrogens is 4. The van der Waals surface area contributed by atoms with Gasteiger partial charge < -0.3 is 14.8 Å². The molecule has 0 saturated carbocycles. The Morgan fingerprint density at radius 1 is 1.04 bits per heavy atom. The van der Waals surface area contributed by atoms with Gasteiger partial charge in [0.05, 0.1) is 0 Å². The fourth-order valence-electron chi connectivity index (χ4n) is 2.06. The zero-order chi connectivity index (χ0) is 18.0. The number of allylic oxidation sites excluding steroid dienone is 1. The Bertz CT molecular complexity index is 870. The summed E-state index contributed by atoms with van der Waals surface area (Å²) in [4.78, 5) is 0. The maximum absolute atomic E-state index is 9.11. The van der Waals surface area contributed by atoms with E-state index in [1.165, 1.54) is 6.20 Å². The molecule has 26 heavy (non-hydrogen) atoms. The number of tetrazole rings is 1. The molecule has 0 bridgehead atoms. The van der Waals surface area contributed by atoms with Crippen LogP contribution in [0, 0.1) is 11.3 Å². The lowest BCUT2D eigenvalue weighted by Crippen LogP contribution is -2.08. The summed E-state index contributed by atoms with van der Waals surface area (Å²) in [5.74, 6) is 1.78. The molecule has 0 radical (unpaired) electrons. The van der Waals surface area contributed by atoms with Gasteiger partial charge in [0.2, 0.25) is 5.82 Å². The van der Waals surface area contributed by atoms with E-state index < -0.39 is 0 Å². The molecule has 2 N–H and O–H groups in total. The first kappa shape index (κ1) is 17.0. The van der Waals surface area contributed by atoms with E-state index in [1.807, 2.05) is 60.7 Å². The Kier molecular flexibility index (Phi) is 5.77. The lowest BCUT2D eigenvalue weighted by molar-refractivity contribution is 0.217. The normalized spacial score (nSPS) is 10.8. The third-order valence-electron chi connectivity index (χ3n) is 3.31. The summed E-state index contributed by atoms with van der Waals surface area (Å²) in [5, 5.41) is 25.4. The molecule has 0 aliphatic rings. The largest absolute Gasteiger partial charge is 0.490 e. The van der Waals surface area contributed by atoms with Gasteiger partial charge in [0, 0.05) is 11.9 Å². The number of anilines is 1. The molecule has 0 atom stereocenters. The number of nitrogens with one attached hydrogen (secondary N) is 2. The van der Waals surface area contributed by atoms with Crippen LogP contribution in [0.25, 0.3) is 5.57 Å². The standard InChI is InChI=1S/C18H16N6O2/c19-12-14(18-21-23-24-22-18)13-20-15-6-8-17(9-7-15)26-11-10-25-16-4-2-1-3-5-16/h1-9,13,20H,10-11H2,(H,21,22,23,24). The number of ether oxygens (including phenoxy) is 2. The van der Waals surface area contributed by atoms with Crippen LogP contribution < -0.4 is 14.8 Å². The van der Waals surface area contributed by atoms with Crippen molar-refractivity contribution in [1.29, 1.82) is 5.26 Å². The number of benzene rings is 2. The number of hydrogen-bond acceptors (Lipinski definition) is 7. The molecule has 0 saturated heterocycles. The zero-order valence-electron chi connectivity index (χ0n) is 13.8. The average molecular weight is 348 g/mol. The van der Waals surface area contributed by atoms with Crippen LogP contribution in [0.4, 0.5) is 5.69 Å². The van der Waals surface area contributed by atoms with Gasteiger partial charge in [-0.1, -0.05) is 18.2 Å². The molecular weight excluding hydrogens is 332 g/mol. The maximum Gasteiger partial charge on any atom is 0.216 e. The van der Waals surface area contributed by atoms with Crippen LogP contribution in [0.2, 0.25) is 0 Å². The second kappa shape index (κ2) is 8.84. The first-order chi connectivity index (χ1) is 12.8. The van der Waals surface area contributed by atoms with Gasteiger partial charge in [0.1, 0.15) is 36.4 Å². The van der Waals surface area contributed by atoms with Crippen LogP contribution in [0.3, 0.4) is 0 Å². The molecule has 2 aromatic carbocycles. The van der Waals surface area contributed by atoms with E-state index in [0.29, 0.717) is 13.2 Å². The van der Waals surface area contributed by atoms with Crippen LogP contribution in [-0.2, 0) is 0 Å². The Balaban J connectivity index is 1.47. The third kappa shape index (κ3) is 4.82. The van der Waals surface area contributed by atoms with Crippen LogP contribution >= 0.6 is 0 Å². The smallest absolute Gasteiger partial charge is 0.216 e. The van der Waals surface area contributed by atoms with Gasteiger partial charge in [-0.25, -0.2) is 0 Å². The Labute approximate surface area is 150 Å². The monoisotopic (exact) mass is 348 g/mol. The van der Waals surface area contributed by atoms with Crippen molar-refractivity contribution in [3.63, 3.8) is 0 Å². The first-order valence-corrected chi connectivity index (χ1v) is 7.86. The molecule has 8 nitrogen and oxygen atoms in total. The zero-order valence-corrected chi connectivity index (χ0v) is 13.8. The molecule has 8 heteroatoms. The fourth-order valence-corrected chi connectivity index (χ4v) is 2.06. The summed E-state index contributed by atoms with van der Waals surface area (Å²) in [6.45, 7) is 0.904. The highest BCUT2D eigenvalue weighted by Crippen LogP contribution is 2.17. The van der Waals surface area contributed by atoms with Gasteiger partial charge in [-0.3, -0.25) is 0 Å². The highest BCUT2D eigenvalue weighted by molar-refractivity contribution is 5.74. The van der Waals surface area contributed by atoms with E-state index in [-0.39, 0.29) is 11.4 Å². The third-order valence-corrected chi connectivity index (χ3v) is 3.31. The second-order valence-electron chi connectivity index (χ2n) is 5.08.